The Hall–Kier alpha value is -0.0400. The van der Waals surface area contributed by atoms with Gasteiger partial charge in [-0.25, -0.2) is 0 Å². The number of hydrogen-bond donors (Lipinski definition) is 0. The fraction of sp³-hybridized carbons (Fsp3) is 1.00. The Labute approximate surface area is 68.5 Å². The van der Waals surface area contributed by atoms with Crippen molar-refractivity contribution >= 4 is 0 Å². The summed E-state index contributed by atoms with van der Waals surface area (Å²) in [5, 5.41) is 0. The molecule has 1 nitrogen and oxygen atoms in total. The third kappa shape index (κ3) is 1.10. The van der Waals surface area contributed by atoms with Crippen molar-refractivity contribution in [3.05, 3.63) is 0 Å². The molecule has 1 heteroatoms. The molecular formula is C10H18O. The Morgan fingerprint density at radius 3 is 0.818 bits per heavy atom. The van der Waals surface area contributed by atoms with Crippen LogP contribution in [-0.4, -0.2) is 5.48 Å². The maximum atomic E-state index is 1.60. The predicted molar refractivity (Wildman–Crippen MR) is 45.3 cm³/mol. The monoisotopic (exact) mass is 154 g/mol. The van der Waals surface area contributed by atoms with E-state index in [-0.39, 0.29) is 5.48 Å². The molecule has 0 aromatic carbocycles. The standard InChI is InChI=1S/C10H16.H2O/c1-7-2-9-4-8(1)5-10(3-7)6-9;/h7-10H,1-6H2;1H2. The zero-order valence-corrected chi connectivity index (χ0v) is 7.05. The quantitative estimate of drug-likeness (QED) is 0.511. The van der Waals surface area contributed by atoms with Crippen LogP contribution in [0.1, 0.15) is 38.5 Å². The predicted octanol–water partition coefficient (Wildman–Crippen LogP) is 2.01. The molecule has 0 radical (unpaired) electrons. The van der Waals surface area contributed by atoms with E-state index < -0.39 is 0 Å². The van der Waals surface area contributed by atoms with Gasteiger partial charge in [-0.3, -0.25) is 0 Å². The van der Waals surface area contributed by atoms with Crippen LogP contribution in [0.2, 0.25) is 0 Å². The highest BCUT2D eigenvalue weighted by atomic mass is 16.0. The summed E-state index contributed by atoms with van der Waals surface area (Å²) >= 11 is 0. The van der Waals surface area contributed by atoms with E-state index in [2.05, 4.69) is 0 Å². The average Bonchev–Trinajstić information content (AvgIpc) is 1.82. The van der Waals surface area contributed by atoms with Gasteiger partial charge in [-0.2, -0.15) is 0 Å². The van der Waals surface area contributed by atoms with Gasteiger partial charge >= 0.3 is 0 Å². The van der Waals surface area contributed by atoms with Gasteiger partial charge < -0.3 is 5.48 Å². The largest absolute Gasteiger partial charge is 0.412 e. The second kappa shape index (κ2) is 2.48. The third-order valence-electron chi connectivity index (χ3n) is 4.00. The summed E-state index contributed by atoms with van der Waals surface area (Å²) in [6, 6.07) is 0. The highest BCUT2D eigenvalue weighted by Crippen LogP contribution is 2.53. The molecule has 64 valence electrons. The topological polar surface area (TPSA) is 31.5 Å². The SMILES string of the molecule is C1C2CC3CC1CC(C2)C3.O. The van der Waals surface area contributed by atoms with E-state index in [0.717, 1.165) is 0 Å². The fourth-order valence-electron chi connectivity index (χ4n) is 3.98. The normalized spacial score (nSPS) is 52.4. The Balaban J connectivity index is 0.000000480. The van der Waals surface area contributed by atoms with E-state index in [1.807, 2.05) is 0 Å². The third-order valence-corrected chi connectivity index (χ3v) is 4.00. The first kappa shape index (κ1) is 7.60. The lowest BCUT2D eigenvalue weighted by Crippen LogP contribution is -2.38. The zero-order valence-electron chi connectivity index (χ0n) is 7.05. The lowest BCUT2D eigenvalue weighted by Gasteiger charge is -2.49. The molecule has 2 N–H and O–H groups in total. The molecule has 0 aliphatic heterocycles. The van der Waals surface area contributed by atoms with Crippen LogP contribution in [0.15, 0.2) is 0 Å². The van der Waals surface area contributed by atoms with Gasteiger partial charge in [-0.15, -0.1) is 0 Å². The lowest BCUT2D eigenvalue weighted by molar-refractivity contribution is 0.0198. The molecule has 4 aliphatic rings. The molecule has 4 fully saturated rings. The van der Waals surface area contributed by atoms with E-state index in [0.29, 0.717) is 0 Å². The van der Waals surface area contributed by atoms with Crippen LogP contribution >= 0.6 is 0 Å². The highest BCUT2D eigenvalue weighted by Gasteiger charge is 2.41. The van der Waals surface area contributed by atoms with Crippen molar-refractivity contribution in [2.45, 2.75) is 38.5 Å². The van der Waals surface area contributed by atoms with Gasteiger partial charge in [0.15, 0.2) is 0 Å². The summed E-state index contributed by atoms with van der Waals surface area (Å²) in [7, 11) is 0. The summed E-state index contributed by atoms with van der Waals surface area (Å²) in [4.78, 5) is 0. The zero-order chi connectivity index (χ0) is 6.55. The molecule has 0 heterocycles. The Kier molecular flexibility index (Phi) is 1.71. The molecule has 4 saturated carbocycles. The van der Waals surface area contributed by atoms with Gasteiger partial charge in [0.05, 0.1) is 0 Å². The number of rotatable bonds is 0. The summed E-state index contributed by atoms with van der Waals surface area (Å²) in [5.41, 5.74) is 0. The second-order valence-corrected chi connectivity index (χ2v) is 4.88. The Bertz CT molecular complexity index is 96.4. The molecule has 4 aliphatic carbocycles. The van der Waals surface area contributed by atoms with Gasteiger partial charge in [0.2, 0.25) is 0 Å². The van der Waals surface area contributed by atoms with Crippen LogP contribution in [0.3, 0.4) is 0 Å². The van der Waals surface area contributed by atoms with Gasteiger partial charge in [0.1, 0.15) is 0 Å². The number of hydrogen-bond acceptors (Lipinski definition) is 0. The van der Waals surface area contributed by atoms with E-state index in [4.69, 9.17) is 0 Å². The summed E-state index contributed by atoms with van der Waals surface area (Å²) in [5.74, 6) is 4.71. The van der Waals surface area contributed by atoms with Crippen LogP contribution < -0.4 is 0 Å². The van der Waals surface area contributed by atoms with Gasteiger partial charge in [0, 0.05) is 0 Å². The maximum absolute atomic E-state index is 1.60. The van der Waals surface area contributed by atoms with Crippen LogP contribution in [0.5, 0.6) is 0 Å². The summed E-state index contributed by atoms with van der Waals surface area (Å²) in [6.07, 6.45) is 9.62. The van der Waals surface area contributed by atoms with Crippen LogP contribution in [0.25, 0.3) is 0 Å². The Morgan fingerprint density at radius 1 is 0.455 bits per heavy atom. The first-order valence-corrected chi connectivity index (χ1v) is 4.90. The maximum Gasteiger partial charge on any atom is -0.0406 e. The summed E-state index contributed by atoms with van der Waals surface area (Å²) in [6.45, 7) is 0. The Morgan fingerprint density at radius 2 is 0.636 bits per heavy atom. The lowest BCUT2D eigenvalue weighted by atomic mass is 9.56. The van der Waals surface area contributed by atoms with Crippen molar-refractivity contribution < 1.29 is 5.48 Å². The van der Waals surface area contributed by atoms with Crippen molar-refractivity contribution in [3.63, 3.8) is 0 Å². The van der Waals surface area contributed by atoms with Crippen LogP contribution in [0, 0.1) is 23.7 Å². The molecule has 0 atom stereocenters. The molecule has 0 amide bonds. The molecular weight excluding hydrogens is 136 g/mol. The van der Waals surface area contributed by atoms with Crippen molar-refractivity contribution in [2.75, 3.05) is 0 Å². The van der Waals surface area contributed by atoms with E-state index in [1.165, 1.54) is 23.7 Å². The minimum Gasteiger partial charge on any atom is -0.412 e. The smallest absolute Gasteiger partial charge is 0.0406 e. The van der Waals surface area contributed by atoms with Gasteiger partial charge in [-0.1, -0.05) is 0 Å². The average molecular weight is 154 g/mol. The molecule has 0 spiro atoms. The van der Waals surface area contributed by atoms with Crippen molar-refractivity contribution in [1.82, 2.24) is 0 Å². The van der Waals surface area contributed by atoms with E-state index in [9.17, 15) is 0 Å². The van der Waals surface area contributed by atoms with E-state index >= 15 is 0 Å². The van der Waals surface area contributed by atoms with Crippen LogP contribution in [-0.2, 0) is 0 Å². The molecule has 0 aromatic heterocycles. The second-order valence-electron chi connectivity index (χ2n) is 4.88. The minimum atomic E-state index is 0. The first-order valence-electron chi connectivity index (χ1n) is 4.90. The van der Waals surface area contributed by atoms with E-state index in [1.54, 1.807) is 38.5 Å². The highest BCUT2D eigenvalue weighted by molar-refractivity contribution is 4.92. The summed E-state index contributed by atoms with van der Waals surface area (Å²) < 4.78 is 0. The van der Waals surface area contributed by atoms with Gasteiger partial charge in [0.25, 0.3) is 0 Å². The fourth-order valence-corrected chi connectivity index (χ4v) is 3.98. The van der Waals surface area contributed by atoms with Crippen molar-refractivity contribution in [1.29, 1.82) is 0 Å². The molecule has 0 saturated heterocycles. The van der Waals surface area contributed by atoms with Crippen molar-refractivity contribution in [2.24, 2.45) is 23.7 Å². The molecule has 4 bridgehead atoms. The molecule has 0 unspecified atom stereocenters. The minimum absolute atomic E-state index is 0. The first-order chi connectivity index (χ1) is 4.90. The van der Waals surface area contributed by atoms with Crippen LogP contribution in [0.4, 0.5) is 0 Å². The van der Waals surface area contributed by atoms with Gasteiger partial charge in [-0.05, 0) is 62.2 Å². The molecule has 11 heavy (non-hydrogen) atoms. The molecule has 4 rings (SSSR count). The van der Waals surface area contributed by atoms with Crippen molar-refractivity contribution in [3.8, 4) is 0 Å². The molecule has 0 aromatic rings.